The second-order valence-corrected chi connectivity index (χ2v) is 5.78. The predicted octanol–water partition coefficient (Wildman–Crippen LogP) is 2.38. The number of hydrogen-bond donors (Lipinski definition) is 1. The van der Waals surface area contributed by atoms with Gasteiger partial charge < -0.3 is 14.6 Å². The lowest BCUT2D eigenvalue weighted by Crippen LogP contribution is -2.40. The zero-order chi connectivity index (χ0) is 15.8. The summed E-state index contributed by atoms with van der Waals surface area (Å²) in [5.41, 5.74) is -0.0993. The van der Waals surface area contributed by atoms with Gasteiger partial charge in [0, 0.05) is 25.0 Å². The fourth-order valence-electron chi connectivity index (χ4n) is 3.14. The maximum atomic E-state index is 12.3. The summed E-state index contributed by atoms with van der Waals surface area (Å²) in [6, 6.07) is 4.01. The highest BCUT2D eigenvalue weighted by molar-refractivity contribution is 5.82. The monoisotopic (exact) mass is 304 g/mol. The Bertz CT molecular complexity index is 514. The van der Waals surface area contributed by atoms with Gasteiger partial charge in [0.05, 0.1) is 19.1 Å². The van der Waals surface area contributed by atoms with Crippen molar-refractivity contribution in [3.05, 3.63) is 36.7 Å². The van der Waals surface area contributed by atoms with Crippen LogP contribution in [0.4, 0.5) is 0 Å². The number of aromatic nitrogens is 1. The third-order valence-electron chi connectivity index (χ3n) is 4.30. The van der Waals surface area contributed by atoms with E-state index in [1.807, 2.05) is 12.1 Å². The molecule has 0 aliphatic heterocycles. The summed E-state index contributed by atoms with van der Waals surface area (Å²) in [5.74, 6) is -0.393. The molecule has 1 saturated carbocycles. The van der Waals surface area contributed by atoms with Crippen molar-refractivity contribution < 1.29 is 14.3 Å². The molecule has 1 N–H and O–H groups in total. The molecule has 1 fully saturated rings. The zero-order valence-corrected chi connectivity index (χ0v) is 13.1. The number of methoxy groups -OCH3 is 1. The summed E-state index contributed by atoms with van der Waals surface area (Å²) < 4.78 is 6.69. The van der Waals surface area contributed by atoms with Crippen molar-refractivity contribution in [1.29, 1.82) is 0 Å². The number of esters is 1. The van der Waals surface area contributed by atoms with Gasteiger partial charge in [-0.05, 0) is 25.0 Å². The number of rotatable bonds is 6. The average molecular weight is 304 g/mol. The van der Waals surface area contributed by atoms with Crippen molar-refractivity contribution >= 4 is 11.9 Å². The van der Waals surface area contributed by atoms with Crippen LogP contribution in [0.25, 0.3) is 0 Å². The number of nitrogens with zero attached hydrogens (tertiary/aromatic N) is 1. The smallest absolute Gasteiger partial charge is 0.330 e. The van der Waals surface area contributed by atoms with Gasteiger partial charge in [-0.25, -0.2) is 4.79 Å². The molecular weight excluding hydrogens is 280 g/mol. The van der Waals surface area contributed by atoms with Crippen LogP contribution >= 0.6 is 0 Å². The first-order valence-electron chi connectivity index (χ1n) is 7.81. The van der Waals surface area contributed by atoms with Crippen molar-refractivity contribution in [2.24, 2.45) is 0 Å². The van der Waals surface area contributed by atoms with E-state index in [0.29, 0.717) is 13.0 Å². The van der Waals surface area contributed by atoms with Gasteiger partial charge in [-0.2, -0.15) is 0 Å². The maximum absolute atomic E-state index is 12.3. The first-order chi connectivity index (χ1) is 10.7. The van der Waals surface area contributed by atoms with Gasteiger partial charge in [0.2, 0.25) is 5.91 Å². The third-order valence-corrected chi connectivity index (χ3v) is 4.30. The fourth-order valence-corrected chi connectivity index (χ4v) is 3.14. The van der Waals surface area contributed by atoms with E-state index in [4.69, 9.17) is 0 Å². The SMILES string of the molecule is COC(=O)/C=C/CNC(=O)CC1(n2cccc2)CCCCC1. The van der Waals surface area contributed by atoms with Crippen LogP contribution in [0, 0.1) is 0 Å². The Labute approximate surface area is 131 Å². The second kappa shape index (κ2) is 7.82. The van der Waals surface area contributed by atoms with Crippen LogP contribution in [-0.2, 0) is 19.9 Å². The standard InChI is InChI=1S/C17H24N2O3/c1-22-16(21)8-7-11-18-15(20)14-17(9-3-2-4-10-17)19-12-5-6-13-19/h5-8,12-13H,2-4,9-11,14H2,1H3,(H,18,20)/b8-7+. The topological polar surface area (TPSA) is 60.3 Å². The lowest BCUT2D eigenvalue weighted by atomic mass is 9.78. The molecule has 0 saturated heterocycles. The molecule has 0 atom stereocenters. The highest BCUT2D eigenvalue weighted by Crippen LogP contribution is 2.37. The van der Waals surface area contributed by atoms with Crippen LogP contribution in [0.5, 0.6) is 0 Å². The maximum Gasteiger partial charge on any atom is 0.330 e. The molecule has 120 valence electrons. The third kappa shape index (κ3) is 4.23. The van der Waals surface area contributed by atoms with Gasteiger partial charge in [0.15, 0.2) is 0 Å². The highest BCUT2D eigenvalue weighted by Gasteiger charge is 2.35. The van der Waals surface area contributed by atoms with E-state index in [2.05, 4.69) is 27.0 Å². The van der Waals surface area contributed by atoms with Crippen molar-refractivity contribution in [3.63, 3.8) is 0 Å². The van der Waals surface area contributed by atoms with Crippen LogP contribution in [0.15, 0.2) is 36.7 Å². The Balaban J connectivity index is 1.92. The predicted molar refractivity (Wildman–Crippen MR) is 84.3 cm³/mol. The molecule has 2 rings (SSSR count). The van der Waals surface area contributed by atoms with E-state index in [-0.39, 0.29) is 11.4 Å². The molecular formula is C17H24N2O3. The molecule has 0 spiro atoms. The molecule has 0 bridgehead atoms. The Morgan fingerprint density at radius 1 is 1.23 bits per heavy atom. The number of carbonyl (C=O) groups excluding carboxylic acids is 2. The van der Waals surface area contributed by atoms with E-state index in [1.54, 1.807) is 6.08 Å². The molecule has 5 heteroatoms. The van der Waals surface area contributed by atoms with Crippen molar-refractivity contribution in [2.75, 3.05) is 13.7 Å². The van der Waals surface area contributed by atoms with E-state index in [0.717, 1.165) is 25.7 Å². The van der Waals surface area contributed by atoms with Gasteiger partial charge in [0.25, 0.3) is 0 Å². The summed E-state index contributed by atoms with van der Waals surface area (Å²) in [7, 11) is 1.33. The summed E-state index contributed by atoms with van der Waals surface area (Å²) in [6.45, 7) is 0.343. The van der Waals surface area contributed by atoms with E-state index >= 15 is 0 Å². The quantitative estimate of drug-likeness (QED) is 0.648. The van der Waals surface area contributed by atoms with Gasteiger partial charge in [-0.3, -0.25) is 4.79 Å². The number of hydrogen-bond acceptors (Lipinski definition) is 3. The lowest BCUT2D eigenvalue weighted by molar-refractivity contribution is -0.135. The molecule has 1 amide bonds. The molecule has 0 aromatic carbocycles. The Hall–Kier alpha value is -2.04. The minimum absolute atomic E-state index is 0.0186. The Kier molecular flexibility index (Phi) is 5.81. The molecule has 22 heavy (non-hydrogen) atoms. The number of amides is 1. The van der Waals surface area contributed by atoms with Gasteiger partial charge in [-0.15, -0.1) is 0 Å². The highest BCUT2D eigenvalue weighted by atomic mass is 16.5. The first-order valence-corrected chi connectivity index (χ1v) is 7.81. The van der Waals surface area contributed by atoms with E-state index in [9.17, 15) is 9.59 Å². The summed E-state index contributed by atoms with van der Waals surface area (Å²) >= 11 is 0. The lowest BCUT2D eigenvalue weighted by Gasteiger charge is -2.38. The van der Waals surface area contributed by atoms with Crippen LogP contribution < -0.4 is 5.32 Å². The molecule has 1 aromatic heterocycles. The van der Waals surface area contributed by atoms with Crippen LogP contribution in [-0.4, -0.2) is 30.1 Å². The average Bonchev–Trinajstić information content (AvgIpc) is 3.07. The summed E-state index contributed by atoms with van der Waals surface area (Å²) in [4.78, 5) is 23.2. The summed E-state index contributed by atoms with van der Waals surface area (Å²) in [5, 5.41) is 2.85. The molecule has 1 aromatic rings. The number of carbonyl (C=O) groups is 2. The first kappa shape index (κ1) is 16.3. The van der Waals surface area contributed by atoms with Gasteiger partial charge in [-0.1, -0.05) is 25.3 Å². The van der Waals surface area contributed by atoms with Crippen molar-refractivity contribution in [1.82, 2.24) is 9.88 Å². The zero-order valence-electron chi connectivity index (χ0n) is 13.1. The van der Waals surface area contributed by atoms with Crippen LogP contribution in [0.3, 0.4) is 0 Å². The number of ether oxygens (including phenoxy) is 1. The largest absolute Gasteiger partial charge is 0.466 e. The van der Waals surface area contributed by atoms with Gasteiger partial charge in [0.1, 0.15) is 0 Å². The second-order valence-electron chi connectivity index (χ2n) is 5.78. The Morgan fingerprint density at radius 2 is 1.91 bits per heavy atom. The molecule has 1 aliphatic carbocycles. The van der Waals surface area contributed by atoms with E-state index in [1.165, 1.54) is 19.6 Å². The molecule has 1 aliphatic rings. The van der Waals surface area contributed by atoms with Crippen LogP contribution in [0.2, 0.25) is 0 Å². The van der Waals surface area contributed by atoms with Crippen molar-refractivity contribution in [2.45, 2.75) is 44.1 Å². The minimum Gasteiger partial charge on any atom is -0.466 e. The molecule has 1 heterocycles. The molecule has 5 nitrogen and oxygen atoms in total. The Morgan fingerprint density at radius 3 is 2.55 bits per heavy atom. The normalized spacial score (nSPS) is 17.3. The minimum atomic E-state index is -0.412. The number of nitrogens with one attached hydrogen (secondary N) is 1. The van der Waals surface area contributed by atoms with Crippen molar-refractivity contribution in [3.8, 4) is 0 Å². The van der Waals surface area contributed by atoms with E-state index < -0.39 is 5.97 Å². The van der Waals surface area contributed by atoms with Gasteiger partial charge >= 0.3 is 5.97 Å². The fraction of sp³-hybridized carbons (Fsp3) is 0.529. The molecule has 0 unspecified atom stereocenters. The van der Waals surface area contributed by atoms with Crippen LogP contribution in [0.1, 0.15) is 38.5 Å². The molecule has 0 radical (unpaired) electrons. The summed E-state index contributed by atoms with van der Waals surface area (Å²) in [6.07, 6.45) is 13.1.